The van der Waals surface area contributed by atoms with Crippen LogP contribution in [0, 0.1) is 0 Å². The summed E-state index contributed by atoms with van der Waals surface area (Å²) in [6.07, 6.45) is -4.55. The van der Waals surface area contributed by atoms with Gasteiger partial charge in [0.1, 0.15) is 5.75 Å². The van der Waals surface area contributed by atoms with Crippen LogP contribution in [0.5, 0.6) is 5.75 Å². The van der Waals surface area contributed by atoms with Crippen LogP contribution in [0.1, 0.15) is 5.82 Å². The largest absolute Gasteiger partial charge is 0.484 e. The third kappa shape index (κ3) is 3.65. The molecule has 0 saturated carbocycles. The Balaban J connectivity index is 1.67. The number of carbonyl (C=O) groups excluding carboxylic acids is 1. The van der Waals surface area contributed by atoms with Crippen molar-refractivity contribution in [2.75, 3.05) is 11.9 Å². The highest BCUT2D eigenvalue weighted by Crippen LogP contribution is 2.29. The molecular weight excluding hydrogens is 323 g/mol. The summed E-state index contributed by atoms with van der Waals surface area (Å²) in [4.78, 5) is 17.5. The molecule has 1 heterocycles. The molecule has 5 nitrogen and oxygen atoms in total. The zero-order valence-electron chi connectivity index (χ0n) is 12.2. The number of anilines is 1. The molecule has 8 heteroatoms. The second-order valence-electron chi connectivity index (χ2n) is 4.97. The fourth-order valence-corrected chi connectivity index (χ4v) is 2.08. The minimum atomic E-state index is -4.55. The van der Waals surface area contributed by atoms with Gasteiger partial charge < -0.3 is 15.0 Å². The smallest absolute Gasteiger partial charge is 0.449 e. The average Bonchev–Trinajstić information content (AvgIpc) is 2.97. The Bertz CT molecular complexity index is 860. The Morgan fingerprint density at radius 3 is 2.62 bits per heavy atom. The number of hydrogen-bond acceptors (Lipinski definition) is 3. The zero-order valence-corrected chi connectivity index (χ0v) is 12.2. The molecule has 0 saturated heterocycles. The standard InChI is InChI=1S/C16H12F3N3O2/c17-16(18,19)15-21-12-7-6-10(8-13(12)22-15)20-14(23)9-24-11-4-2-1-3-5-11/h1-8H,9H2,(H,20,23)(H,21,22). The number of ether oxygens (including phenoxy) is 1. The Morgan fingerprint density at radius 2 is 1.92 bits per heavy atom. The number of amides is 1. The molecule has 0 aliphatic carbocycles. The number of rotatable bonds is 4. The van der Waals surface area contributed by atoms with Gasteiger partial charge in [0.15, 0.2) is 6.61 Å². The van der Waals surface area contributed by atoms with Crippen molar-refractivity contribution in [3.63, 3.8) is 0 Å². The van der Waals surface area contributed by atoms with Crippen LogP contribution in [0.3, 0.4) is 0 Å². The number of aromatic nitrogens is 2. The Kier molecular flexibility index (Phi) is 4.11. The van der Waals surface area contributed by atoms with Crippen LogP contribution in [0.2, 0.25) is 0 Å². The number of aromatic amines is 1. The van der Waals surface area contributed by atoms with Gasteiger partial charge in [0.25, 0.3) is 5.91 Å². The third-order valence-electron chi connectivity index (χ3n) is 3.15. The highest BCUT2D eigenvalue weighted by atomic mass is 19.4. The highest BCUT2D eigenvalue weighted by Gasteiger charge is 2.34. The highest BCUT2D eigenvalue weighted by molar-refractivity contribution is 5.94. The number of imidazole rings is 1. The number of para-hydroxylation sites is 1. The summed E-state index contributed by atoms with van der Waals surface area (Å²) in [5, 5.41) is 2.56. The van der Waals surface area contributed by atoms with Crippen LogP contribution < -0.4 is 10.1 Å². The number of benzene rings is 2. The van der Waals surface area contributed by atoms with Crippen LogP contribution in [0.15, 0.2) is 48.5 Å². The van der Waals surface area contributed by atoms with E-state index >= 15 is 0 Å². The monoisotopic (exact) mass is 335 g/mol. The van der Waals surface area contributed by atoms with Crippen LogP contribution in [0.4, 0.5) is 18.9 Å². The van der Waals surface area contributed by atoms with Gasteiger partial charge in [0.05, 0.1) is 11.0 Å². The first-order valence-corrected chi connectivity index (χ1v) is 6.96. The lowest BCUT2D eigenvalue weighted by molar-refractivity contribution is -0.144. The van der Waals surface area contributed by atoms with E-state index in [1.54, 1.807) is 24.3 Å². The molecule has 24 heavy (non-hydrogen) atoms. The lowest BCUT2D eigenvalue weighted by Crippen LogP contribution is -2.20. The topological polar surface area (TPSA) is 67.0 Å². The van der Waals surface area contributed by atoms with E-state index in [4.69, 9.17) is 4.74 Å². The van der Waals surface area contributed by atoms with E-state index in [9.17, 15) is 18.0 Å². The van der Waals surface area contributed by atoms with Crippen LogP contribution >= 0.6 is 0 Å². The van der Waals surface area contributed by atoms with Crippen LogP contribution in [-0.4, -0.2) is 22.5 Å². The van der Waals surface area contributed by atoms with Gasteiger partial charge in [-0.15, -0.1) is 0 Å². The number of carbonyl (C=O) groups is 1. The quantitative estimate of drug-likeness (QED) is 0.765. The van der Waals surface area contributed by atoms with E-state index in [1.807, 2.05) is 6.07 Å². The fourth-order valence-electron chi connectivity index (χ4n) is 2.08. The Morgan fingerprint density at radius 1 is 1.17 bits per heavy atom. The molecule has 0 atom stereocenters. The van der Waals surface area contributed by atoms with E-state index in [2.05, 4.69) is 15.3 Å². The third-order valence-corrected chi connectivity index (χ3v) is 3.15. The molecule has 0 unspecified atom stereocenters. The van der Waals surface area contributed by atoms with E-state index in [1.165, 1.54) is 18.2 Å². The predicted molar refractivity (Wildman–Crippen MR) is 81.7 cm³/mol. The Hall–Kier alpha value is -3.03. The average molecular weight is 335 g/mol. The molecule has 0 aliphatic heterocycles. The van der Waals surface area contributed by atoms with Gasteiger partial charge >= 0.3 is 6.18 Å². The van der Waals surface area contributed by atoms with Gasteiger partial charge in [-0.05, 0) is 30.3 Å². The van der Waals surface area contributed by atoms with Crippen molar-refractivity contribution in [3.8, 4) is 5.75 Å². The number of H-pyrrole nitrogens is 1. The van der Waals surface area contributed by atoms with E-state index in [0.29, 0.717) is 11.4 Å². The molecule has 0 spiro atoms. The molecule has 1 aromatic heterocycles. The number of halogens is 3. The summed E-state index contributed by atoms with van der Waals surface area (Å²) in [6.45, 7) is -0.209. The number of alkyl halides is 3. The summed E-state index contributed by atoms with van der Waals surface area (Å²) in [6, 6.07) is 13.1. The molecule has 1 amide bonds. The van der Waals surface area contributed by atoms with E-state index < -0.39 is 17.9 Å². The minimum Gasteiger partial charge on any atom is -0.484 e. The molecule has 3 aromatic rings. The zero-order chi connectivity index (χ0) is 17.2. The SMILES string of the molecule is O=C(COc1ccccc1)Nc1ccc2nc(C(F)(F)F)[nH]c2c1. The molecule has 0 fully saturated rings. The van der Waals surface area contributed by atoms with E-state index in [0.717, 1.165) is 0 Å². The predicted octanol–water partition coefficient (Wildman–Crippen LogP) is 3.60. The summed E-state index contributed by atoms with van der Waals surface area (Å²) in [7, 11) is 0. The molecule has 124 valence electrons. The second kappa shape index (κ2) is 6.23. The number of fused-ring (bicyclic) bond motifs is 1. The van der Waals surface area contributed by atoms with Gasteiger partial charge in [-0.1, -0.05) is 18.2 Å². The first kappa shape index (κ1) is 15.9. The fraction of sp³-hybridized carbons (Fsp3) is 0.125. The summed E-state index contributed by atoms with van der Waals surface area (Å²) >= 11 is 0. The summed E-state index contributed by atoms with van der Waals surface area (Å²) < 4.78 is 43.2. The maximum Gasteiger partial charge on any atom is 0.449 e. The first-order chi connectivity index (χ1) is 11.4. The molecule has 0 radical (unpaired) electrons. The van der Waals surface area contributed by atoms with Crippen LogP contribution in [0.25, 0.3) is 11.0 Å². The van der Waals surface area contributed by atoms with Crippen LogP contribution in [-0.2, 0) is 11.0 Å². The van der Waals surface area contributed by atoms with E-state index in [-0.39, 0.29) is 17.6 Å². The molecule has 0 bridgehead atoms. The molecule has 2 aromatic carbocycles. The van der Waals surface area contributed by atoms with Crippen molar-refractivity contribution in [3.05, 3.63) is 54.4 Å². The van der Waals surface area contributed by atoms with Crippen molar-refractivity contribution in [1.29, 1.82) is 0 Å². The number of nitrogens with one attached hydrogen (secondary N) is 2. The molecule has 3 rings (SSSR count). The minimum absolute atomic E-state index is 0.167. The van der Waals surface area contributed by atoms with Gasteiger partial charge in [-0.2, -0.15) is 13.2 Å². The van der Waals surface area contributed by atoms with Crippen molar-refractivity contribution < 1.29 is 22.7 Å². The molecule has 0 aliphatic rings. The second-order valence-corrected chi connectivity index (χ2v) is 4.97. The number of hydrogen-bond donors (Lipinski definition) is 2. The first-order valence-electron chi connectivity index (χ1n) is 6.96. The summed E-state index contributed by atoms with van der Waals surface area (Å²) in [5.41, 5.74) is 0.700. The van der Waals surface area contributed by atoms with Gasteiger partial charge in [-0.3, -0.25) is 4.79 Å². The van der Waals surface area contributed by atoms with Crippen molar-refractivity contribution >= 4 is 22.6 Å². The van der Waals surface area contributed by atoms with Crippen molar-refractivity contribution in [1.82, 2.24) is 9.97 Å². The van der Waals surface area contributed by atoms with Crippen molar-refractivity contribution in [2.45, 2.75) is 6.18 Å². The lowest BCUT2D eigenvalue weighted by Gasteiger charge is -2.07. The van der Waals surface area contributed by atoms with Gasteiger partial charge in [0.2, 0.25) is 5.82 Å². The maximum atomic E-state index is 12.6. The normalized spacial score (nSPS) is 11.5. The lowest BCUT2D eigenvalue weighted by atomic mass is 10.3. The molecular formula is C16H12F3N3O2. The Labute approximate surface area is 134 Å². The maximum absolute atomic E-state index is 12.6. The molecule has 2 N–H and O–H groups in total. The summed E-state index contributed by atoms with van der Waals surface area (Å²) in [5.74, 6) is -0.950. The number of nitrogens with zero attached hydrogens (tertiary/aromatic N) is 1. The van der Waals surface area contributed by atoms with Crippen molar-refractivity contribution in [2.24, 2.45) is 0 Å². The van der Waals surface area contributed by atoms with Gasteiger partial charge in [-0.25, -0.2) is 4.98 Å². The van der Waals surface area contributed by atoms with Gasteiger partial charge in [0, 0.05) is 5.69 Å².